The molecule has 0 aliphatic heterocycles. The Morgan fingerprint density at radius 3 is 2.50 bits per heavy atom. The fourth-order valence-electron chi connectivity index (χ4n) is 1.07. The average Bonchev–Trinajstić information content (AvgIpc) is 2.10. The van der Waals surface area contributed by atoms with Gasteiger partial charge >= 0.3 is 0 Å². The predicted octanol–water partition coefficient (Wildman–Crippen LogP) is 3.47. The molecular weight excluding hydrogens is 146 g/mol. The molecule has 0 spiro atoms. The molecule has 0 saturated carbocycles. The van der Waals surface area contributed by atoms with Gasteiger partial charge in [-0.1, -0.05) is 45.6 Å². The second-order valence-electron chi connectivity index (χ2n) is 3.21. The van der Waals surface area contributed by atoms with Crippen LogP contribution in [-0.2, 0) is 0 Å². The standard InChI is InChI=1S/C11H23N/c1-3-5-7-9-11-12-10-8-6-4-2/h8,10,12H,3-7,9,11H2,1-2H3. The first-order valence-corrected chi connectivity index (χ1v) is 5.30. The van der Waals surface area contributed by atoms with Crippen molar-refractivity contribution in [3.63, 3.8) is 0 Å². The molecule has 0 aromatic heterocycles. The third-order valence-corrected chi connectivity index (χ3v) is 1.87. The van der Waals surface area contributed by atoms with Crippen molar-refractivity contribution < 1.29 is 0 Å². The first kappa shape index (κ1) is 11.5. The second-order valence-corrected chi connectivity index (χ2v) is 3.21. The second kappa shape index (κ2) is 10.5. The van der Waals surface area contributed by atoms with E-state index in [9.17, 15) is 0 Å². The zero-order valence-corrected chi connectivity index (χ0v) is 8.60. The van der Waals surface area contributed by atoms with Crippen LogP contribution in [0, 0.1) is 0 Å². The molecule has 1 heteroatoms. The summed E-state index contributed by atoms with van der Waals surface area (Å²) < 4.78 is 0. The van der Waals surface area contributed by atoms with Gasteiger partial charge in [0.25, 0.3) is 0 Å². The van der Waals surface area contributed by atoms with E-state index in [0.717, 1.165) is 6.54 Å². The lowest BCUT2D eigenvalue weighted by molar-refractivity contribution is 0.645. The largest absolute Gasteiger partial charge is 0.391 e. The minimum Gasteiger partial charge on any atom is -0.391 e. The maximum absolute atomic E-state index is 3.30. The smallest absolute Gasteiger partial charge is 0.0141 e. The lowest BCUT2D eigenvalue weighted by Crippen LogP contribution is -2.06. The van der Waals surface area contributed by atoms with Crippen molar-refractivity contribution in [2.45, 2.75) is 52.4 Å². The molecule has 0 radical (unpaired) electrons. The highest BCUT2D eigenvalue weighted by atomic mass is 14.8. The van der Waals surface area contributed by atoms with Crippen LogP contribution in [0.2, 0.25) is 0 Å². The van der Waals surface area contributed by atoms with Gasteiger partial charge in [-0.25, -0.2) is 0 Å². The van der Waals surface area contributed by atoms with Gasteiger partial charge in [-0.05, 0) is 19.0 Å². The number of nitrogens with one attached hydrogen (secondary N) is 1. The quantitative estimate of drug-likeness (QED) is 0.549. The van der Waals surface area contributed by atoms with Gasteiger partial charge < -0.3 is 5.32 Å². The van der Waals surface area contributed by atoms with Gasteiger partial charge in [-0.2, -0.15) is 0 Å². The van der Waals surface area contributed by atoms with Crippen molar-refractivity contribution >= 4 is 0 Å². The van der Waals surface area contributed by atoms with Gasteiger partial charge in [0.15, 0.2) is 0 Å². The molecule has 0 unspecified atom stereocenters. The van der Waals surface area contributed by atoms with Crippen LogP contribution in [0.1, 0.15) is 52.4 Å². The summed E-state index contributed by atoms with van der Waals surface area (Å²) in [5.74, 6) is 0. The van der Waals surface area contributed by atoms with Crippen LogP contribution < -0.4 is 5.32 Å². The van der Waals surface area contributed by atoms with Crippen LogP contribution in [0.3, 0.4) is 0 Å². The van der Waals surface area contributed by atoms with Crippen molar-refractivity contribution in [1.82, 2.24) is 5.32 Å². The molecule has 0 atom stereocenters. The van der Waals surface area contributed by atoms with Crippen LogP contribution in [0.25, 0.3) is 0 Å². The van der Waals surface area contributed by atoms with Crippen LogP contribution >= 0.6 is 0 Å². The Hall–Kier alpha value is -0.460. The number of rotatable bonds is 8. The first-order chi connectivity index (χ1) is 5.91. The Morgan fingerprint density at radius 1 is 1.00 bits per heavy atom. The average molecular weight is 169 g/mol. The zero-order chi connectivity index (χ0) is 9.07. The third kappa shape index (κ3) is 9.54. The molecular formula is C11H23N. The number of hydrogen-bond donors (Lipinski definition) is 1. The Labute approximate surface area is 77.2 Å². The number of hydrogen-bond acceptors (Lipinski definition) is 1. The summed E-state index contributed by atoms with van der Waals surface area (Å²) in [7, 11) is 0. The summed E-state index contributed by atoms with van der Waals surface area (Å²) in [6.45, 7) is 5.58. The Morgan fingerprint density at radius 2 is 1.83 bits per heavy atom. The molecule has 0 amide bonds. The highest BCUT2D eigenvalue weighted by Gasteiger charge is 1.84. The summed E-state index contributed by atoms with van der Waals surface area (Å²) >= 11 is 0. The van der Waals surface area contributed by atoms with Crippen molar-refractivity contribution in [2.75, 3.05) is 6.54 Å². The summed E-state index contributed by atoms with van der Waals surface area (Å²) in [4.78, 5) is 0. The van der Waals surface area contributed by atoms with E-state index in [4.69, 9.17) is 0 Å². The molecule has 12 heavy (non-hydrogen) atoms. The molecule has 0 aromatic rings. The molecule has 1 N–H and O–H groups in total. The molecule has 0 bridgehead atoms. The molecule has 0 heterocycles. The van der Waals surface area contributed by atoms with Crippen molar-refractivity contribution in [3.8, 4) is 0 Å². The van der Waals surface area contributed by atoms with Gasteiger partial charge in [-0.15, -0.1) is 0 Å². The number of unbranched alkanes of at least 4 members (excludes halogenated alkanes) is 4. The third-order valence-electron chi connectivity index (χ3n) is 1.87. The van der Waals surface area contributed by atoms with E-state index in [0.29, 0.717) is 0 Å². The van der Waals surface area contributed by atoms with Crippen LogP contribution in [-0.4, -0.2) is 6.54 Å². The lowest BCUT2D eigenvalue weighted by Gasteiger charge is -1.99. The van der Waals surface area contributed by atoms with E-state index in [2.05, 4.69) is 31.4 Å². The van der Waals surface area contributed by atoms with Gasteiger partial charge in [0.05, 0.1) is 0 Å². The summed E-state index contributed by atoms with van der Waals surface area (Å²) in [5.41, 5.74) is 0. The van der Waals surface area contributed by atoms with Crippen molar-refractivity contribution in [2.24, 2.45) is 0 Å². The molecule has 0 aromatic carbocycles. The van der Waals surface area contributed by atoms with E-state index in [1.807, 2.05) is 0 Å². The van der Waals surface area contributed by atoms with Gasteiger partial charge in [0, 0.05) is 6.54 Å². The van der Waals surface area contributed by atoms with E-state index in [-0.39, 0.29) is 0 Å². The fraction of sp³-hybridized carbons (Fsp3) is 0.818. The highest BCUT2D eigenvalue weighted by molar-refractivity contribution is 4.78. The van der Waals surface area contributed by atoms with Crippen LogP contribution in [0.4, 0.5) is 0 Å². The summed E-state index contributed by atoms with van der Waals surface area (Å²) in [6.07, 6.45) is 12.1. The molecule has 0 saturated heterocycles. The maximum atomic E-state index is 3.30. The molecule has 0 fully saturated rings. The topological polar surface area (TPSA) is 12.0 Å². The lowest BCUT2D eigenvalue weighted by atomic mass is 10.2. The van der Waals surface area contributed by atoms with Gasteiger partial charge in [0.2, 0.25) is 0 Å². The van der Waals surface area contributed by atoms with E-state index >= 15 is 0 Å². The molecule has 72 valence electrons. The predicted molar refractivity (Wildman–Crippen MR) is 56.2 cm³/mol. The Balaban J connectivity index is 2.90. The highest BCUT2D eigenvalue weighted by Crippen LogP contribution is 1.96. The monoisotopic (exact) mass is 169 g/mol. The Kier molecular flexibility index (Phi) is 10.1. The van der Waals surface area contributed by atoms with E-state index in [1.54, 1.807) is 0 Å². The zero-order valence-electron chi connectivity index (χ0n) is 8.60. The van der Waals surface area contributed by atoms with Crippen molar-refractivity contribution in [3.05, 3.63) is 12.3 Å². The molecule has 0 rings (SSSR count). The maximum Gasteiger partial charge on any atom is 0.0141 e. The number of allylic oxidation sites excluding steroid dienone is 1. The molecule has 0 aliphatic carbocycles. The SMILES string of the molecule is CCCC=CNCCCCCC. The van der Waals surface area contributed by atoms with Crippen molar-refractivity contribution in [1.29, 1.82) is 0 Å². The van der Waals surface area contributed by atoms with Gasteiger partial charge in [-0.3, -0.25) is 0 Å². The van der Waals surface area contributed by atoms with Gasteiger partial charge in [0.1, 0.15) is 0 Å². The first-order valence-electron chi connectivity index (χ1n) is 5.30. The summed E-state index contributed by atoms with van der Waals surface area (Å²) in [5, 5.41) is 3.30. The van der Waals surface area contributed by atoms with E-state index in [1.165, 1.54) is 38.5 Å². The Bertz CT molecular complexity index is 97.2. The minimum atomic E-state index is 1.14. The van der Waals surface area contributed by atoms with Crippen LogP contribution in [0.15, 0.2) is 12.3 Å². The fourth-order valence-corrected chi connectivity index (χ4v) is 1.07. The minimum absolute atomic E-state index is 1.14. The van der Waals surface area contributed by atoms with Crippen LogP contribution in [0.5, 0.6) is 0 Å². The van der Waals surface area contributed by atoms with E-state index < -0.39 is 0 Å². The normalized spacial score (nSPS) is 10.8. The molecule has 1 nitrogen and oxygen atoms in total. The molecule has 0 aliphatic rings. The summed E-state index contributed by atoms with van der Waals surface area (Å²) in [6, 6.07) is 0.